The molecule has 0 aliphatic rings. The molecular formula is C9H10N2S. The second kappa shape index (κ2) is 2.84. The molecule has 2 nitrogen and oxygen atoms in total. The van der Waals surface area contributed by atoms with Gasteiger partial charge in [-0.1, -0.05) is 0 Å². The van der Waals surface area contributed by atoms with Crippen LogP contribution >= 0.6 is 11.3 Å². The van der Waals surface area contributed by atoms with E-state index in [1.165, 1.54) is 15.0 Å². The van der Waals surface area contributed by atoms with Crippen molar-refractivity contribution >= 4 is 21.4 Å². The minimum Gasteiger partial charge on any atom is -0.324 e. The average molecular weight is 178 g/mol. The van der Waals surface area contributed by atoms with E-state index in [0.717, 1.165) is 0 Å². The number of fused-ring (bicyclic) bond motifs is 1. The molecule has 12 heavy (non-hydrogen) atoms. The Balaban J connectivity index is 2.62. The van der Waals surface area contributed by atoms with Gasteiger partial charge in [-0.2, -0.15) is 0 Å². The summed E-state index contributed by atoms with van der Waals surface area (Å²) in [7, 11) is 0. The number of hydrogen-bond acceptors (Lipinski definition) is 3. The molecule has 2 aromatic heterocycles. The zero-order valence-corrected chi connectivity index (χ0v) is 7.64. The molecule has 2 heterocycles. The Bertz CT molecular complexity index is 359. The van der Waals surface area contributed by atoms with Crippen molar-refractivity contribution in [2.75, 3.05) is 0 Å². The molecule has 2 rings (SSSR count). The molecule has 0 fully saturated rings. The fourth-order valence-electron chi connectivity index (χ4n) is 1.13. The molecule has 0 amide bonds. The van der Waals surface area contributed by atoms with Gasteiger partial charge in [-0.05, 0) is 19.1 Å². The molecule has 62 valence electrons. The first-order valence-corrected chi connectivity index (χ1v) is 4.68. The maximum Gasteiger partial charge on any atom is 0.0377 e. The maximum atomic E-state index is 5.77. The normalized spacial score (nSPS) is 13.5. The third-order valence-corrected chi connectivity index (χ3v) is 3.10. The lowest BCUT2D eigenvalue weighted by Gasteiger charge is -1.96. The first-order valence-electron chi connectivity index (χ1n) is 3.86. The van der Waals surface area contributed by atoms with Crippen molar-refractivity contribution in [1.29, 1.82) is 0 Å². The van der Waals surface area contributed by atoms with E-state index in [4.69, 9.17) is 5.73 Å². The Hall–Kier alpha value is -0.930. The lowest BCUT2D eigenvalue weighted by molar-refractivity contribution is 0.839. The predicted molar refractivity (Wildman–Crippen MR) is 52.2 cm³/mol. The van der Waals surface area contributed by atoms with Gasteiger partial charge in [0.15, 0.2) is 0 Å². The second-order valence-electron chi connectivity index (χ2n) is 2.85. The van der Waals surface area contributed by atoms with Gasteiger partial charge in [0.1, 0.15) is 0 Å². The molecule has 0 saturated carbocycles. The minimum atomic E-state index is 0.127. The molecule has 0 spiro atoms. The average Bonchev–Trinajstić information content (AvgIpc) is 2.46. The van der Waals surface area contributed by atoms with Gasteiger partial charge in [-0.3, -0.25) is 4.98 Å². The summed E-state index contributed by atoms with van der Waals surface area (Å²) in [6.45, 7) is 2.00. The molecule has 0 aliphatic heterocycles. The van der Waals surface area contributed by atoms with Crippen LogP contribution in [0.1, 0.15) is 17.8 Å². The Morgan fingerprint density at radius 1 is 1.58 bits per heavy atom. The zero-order valence-electron chi connectivity index (χ0n) is 6.82. The summed E-state index contributed by atoms with van der Waals surface area (Å²) in [5.41, 5.74) is 5.77. The Morgan fingerprint density at radius 2 is 2.42 bits per heavy atom. The molecule has 0 aliphatic carbocycles. The summed E-state index contributed by atoms with van der Waals surface area (Å²) < 4.78 is 1.26. The first kappa shape index (κ1) is 7.71. The lowest BCUT2D eigenvalue weighted by atomic mass is 10.2. The molecule has 1 atom stereocenters. The molecule has 2 aromatic rings. The van der Waals surface area contributed by atoms with Gasteiger partial charge in [0.25, 0.3) is 0 Å². The van der Waals surface area contributed by atoms with Crippen LogP contribution in [0.25, 0.3) is 10.1 Å². The quantitative estimate of drug-likeness (QED) is 0.727. The summed E-state index contributed by atoms with van der Waals surface area (Å²) in [5, 5.41) is 1.19. The topological polar surface area (TPSA) is 38.9 Å². The van der Waals surface area contributed by atoms with Crippen LogP contribution in [0.3, 0.4) is 0 Å². The van der Waals surface area contributed by atoms with Gasteiger partial charge in [0.2, 0.25) is 0 Å². The first-order chi connectivity index (χ1) is 5.77. The molecule has 0 aromatic carbocycles. The van der Waals surface area contributed by atoms with Gasteiger partial charge >= 0.3 is 0 Å². The molecule has 0 radical (unpaired) electrons. The SMILES string of the molecule is C[C@H](N)c1cc2cnccc2s1. The van der Waals surface area contributed by atoms with Crippen LogP contribution in [0.2, 0.25) is 0 Å². The summed E-state index contributed by atoms with van der Waals surface area (Å²) in [4.78, 5) is 5.27. The monoisotopic (exact) mass is 178 g/mol. The van der Waals surface area contributed by atoms with Gasteiger partial charge in [-0.25, -0.2) is 0 Å². The predicted octanol–water partition coefficient (Wildman–Crippen LogP) is 2.32. The molecule has 2 N–H and O–H groups in total. The van der Waals surface area contributed by atoms with Gasteiger partial charge in [-0.15, -0.1) is 11.3 Å². The molecule has 3 heteroatoms. The highest BCUT2D eigenvalue weighted by molar-refractivity contribution is 7.19. The Labute approximate surface area is 75.0 Å². The Kier molecular flexibility index (Phi) is 1.83. The number of rotatable bonds is 1. The minimum absolute atomic E-state index is 0.127. The lowest BCUT2D eigenvalue weighted by Crippen LogP contribution is -2.01. The van der Waals surface area contributed by atoms with Gasteiger partial charge < -0.3 is 5.73 Å². The smallest absolute Gasteiger partial charge is 0.0377 e. The van der Waals surface area contributed by atoms with Crippen LogP contribution in [-0.2, 0) is 0 Å². The van der Waals surface area contributed by atoms with Crippen molar-refractivity contribution in [2.45, 2.75) is 13.0 Å². The number of aromatic nitrogens is 1. The number of nitrogens with two attached hydrogens (primary N) is 1. The van der Waals surface area contributed by atoms with Crippen molar-refractivity contribution < 1.29 is 0 Å². The van der Waals surface area contributed by atoms with E-state index in [2.05, 4.69) is 11.1 Å². The van der Waals surface area contributed by atoms with Crippen LogP contribution in [0.5, 0.6) is 0 Å². The fraction of sp³-hybridized carbons (Fsp3) is 0.222. The van der Waals surface area contributed by atoms with Crippen LogP contribution < -0.4 is 5.73 Å². The molecule has 0 bridgehead atoms. The standard InChI is InChI=1S/C9H10N2S/c1-6(10)9-4-7-5-11-3-2-8(7)12-9/h2-6H,10H2,1H3/t6-/m0/s1. The maximum absolute atomic E-state index is 5.77. The van der Waals surface area contributed by atoms with E-state index in [1.54, 1.807) is 11.3 Å². The Morgan fingerprint density at radius 3 is 3.08 bits per heavy atom. The zero-order chi connectivity index (χ0) is 8.55. The van der Waals surface area contributed by atoms with E-state index in [9.17, 15) is 0 Å². The summed E-state index contributed by atoms with van der Waals surface area (Å²) in [6, 6.07) is 4.26. The number of pyridine rings is 1. The molecule has 0 saturated heterocycles. The van der Waals surface area contributed by atoms with Crippen molar-refractivity contribution in [1.82, 2.24) is 4.98 Å². The highest BCUT2D eigenvalue weighted by Crippen LogP contribution is 2.27. The summed E-state index contributed by atoms with van der Waals surface area (Å²) >= 11 is 1.74. The van der Waals surface area contributed by atoms with Crippen LogP contribution in [0, 0.1) is 0 Å². The van der Waals surface area contributed by atoms with Crippen LogP contribution in [-0.4, -0.2) is 4.98 Å². The molecular weight excluding hydrogens is 168 g/mol. The fourth-order valence-corrected chi connectivity index (χ4v) is 2.11. The van der Waals surface area contributed by atoms with Crippen molar-refractivity contribution in [3.63, 3.8) is 0 Å². The van der Waals surface area contributed by atoms with E-state index in [1.807, 2.05) is 25.4 Å². The largest absolute Gasteiger partial charge is 0.324 e. The third-order valence-electron chi connectivity index (χ3n) is 1.78. The highest BCUT2D eigenvalue weighted by atomic mass is 32.1. The van der Waals surface area contributed by atoms with E-state index >= 15 is 0 Å². The third kappa shape index (κ3) is 1.21. The number of nitrogens with zero attached hydrogens (tertiary/aromatic N) is 1. The highest BCUT2D eigenvalue weighted by Gasteiger charge is 2.04. The van der Waals surface area contributed by atoms with Crippen molar-refractivity contribution in [2.24, 2.45) is 5.73 Å². The van der Waals surface area contributed by atoms with Gasteiger partial charge in [0.05, 0.1) is 0 Å². The van der Waals surface area contributed by atoms with Gasteiger partial charge in [0, 0.05) is 33.4 Å². The van der Waals surface area contributed by atoms with Crippen molar-refractivity contribution in [3.05, 3.63) is 29.4 Å². The summed E-state index contributed by atoms with van der Waals surface area (Å²) in [5.74, 6) is 0. The van der Waals surface area contributed by atoms with E-state index in [0.29, 0.717) is 0 Å². The number of thiophene rings is 1. The summed E-state index contributed by atoms with van der Waals surface area (Å²) in [6.07, 6.45) is 3.68. The van der Waals surface area contributed by atoms with Crippen LogP contribution in [0.4, 0.5) is 0 Å². The van der Waals surface area contributed by atoms with E-state index in [-0.39, 0.29) is 6.04 Å². The second-order valence-corrected chi connectivity index (χ2v) is 3.97. The molecule has 0 unspecified atom stereocenters. The van der Waals surface area contributed by atoms with Crippen LogP contribution in [0.15, 0.2) is 24.5 Å². The number of hydrogen-bond donors (Lipinski definition) is 1. The van der Waals surface area contributed by atoms with Crippen molar-refractivity contribution in [3.8, 4) is 0 Å². The van der Waals surface area contributed by atoms with E-state index < -0.39 is 0 Å².